The minimum absolute atomic E-state index is 0.0745. The van der Waals surface area contributed by atoms with Crippen molar-refractivity contribution in [3.8, 4) is 11.1 Å². The van der Waals surface area contributed by atoms with E-state index in [0.717, 1.165) is 22.3 Å². The number of amides is 2. The molecule has 0 aromatic heterocycles. The van der Waals surface area contributed by atoms with E-state index in [1.807, 2.05) is 43.3 Å². The molecule has 1 heterocycles. The number of likely N-dealkylation sites (tertiary alicyclic amines) is 1. The Morgan fingerprint density at radius 2 is 1.69 bits per heavy atom. The van der Waals surface area contributed by atoms with Crippen molar-refractivity contribution in [3.63, 3.8) is 0 Å². The average molecular weight is 480 g/mol. The lowest BCUT2D eigenvalue weighted by Gasteiger charge is -2.39. The molecule has 2 aliphatic rings. The molecule has 2 aromatic carbocycles. The number of carbonyl (C=O) groups excluding carboxylic acids is 2. The monoisotopic (exact) mass is 479 g/mol. The summed E-state index contributed by atoms with van der Waals surface area (Å²) in [5.41, 5.74) is 4.52. The summed E-state index contributed by atoms with van der Waals surface area (Å²) in [6.45, 7) is 2.67. The Kier molecular flexibility index (Phi) is 7.40. The third-order valence-electron chi connectivity index (χ3n) is 7.07. The maximum Gasteiger partial charge on any atom is 0.407 e. The number of alkyl carbamates (subject to hydrolysis) is 1. The number of nitrogens with one attached hydrogen (secondary N) is 1. The number of rotatable bonds is 7. The highest BCUT2D eigenvalue weighted by atomic mass is 16.5. The van der Waals surface area contributed by atoms with Crippen LogP contribution in [-0.2, 0) is 14.3 Å². The molecule has 35 heavy (non-hydrogen) atoms. The summed E-state index contributed by atoms with van der Waals surface area (Å²) >= 11 is 0. The highest BCUT2D eigenvalue weighted by Gasteiger charge is 2.38. The van der Waals surface area contributed by atoms with E-state index in [2.05, 4.69) is 29.6 Å². The number of nitrogens with zero attached hydrogens (tertiary/aromatic N) is 2. The van der Waals surface area contributed by atoms with Crippen LogP contribution in [0.2, 0.25) is 0 Å². The van der Waals surface area contributed by atoms with Gasteiger partial charge in [-0.1, -0.05) is 48.5 Å². The summed E-state index contributed by atoms with van der Waals surface area (Å²) in [6, 6.07) is 14.9. The smallest absolute Gasteiger partial charge is 0.407 e. The lowest BCUT2D eigenvalue weighted by atomic mass is 9.90. The van der Waals surface area contributed by atoms with Gasteiger partial charge in [0.1, 0.15) is 12.6 Å². The standard InChI is InChI=1S/C27H33N3O5/c1-17-18(26(32)33)13-8-14-30(17)25(31)24(15-29(2)3)28-27(34)35-16-23-21-11-6-4-9-19(21)20-10-5-7-12-22(20)23/h4-7,9-12,17-18,23-24H,8,13-16H2,1-3H3,(H,28,34)(H,32,33)/t17-,18-,24+/m1/s1. The molecule has 1 aliphatic carbocycles. The summed E-state index contributed by atoms with van der Waals surface area (Å²) in [5, 5.41) is 12.3. The zero-order valence-electron chi connectivity index (χ0n) is 20.4. The van der Waals surface area contributed by atoms with Gasteiger partial charge in [0.2, 0.25) is 5.91 Å². The number of hydrogen-bond acceptors (Lipinski definition) is 5. The maximum atomic E-state index is 13.4. The van der Waals surface area contributed by atoms with Crippen molar-refractivity contribution in [2.45, 2.75) is 37.8 Å². The Bertz CT molecular complexity index is 1060. The molecule has 1 saturated heterocycles. The number of piperidine rings is 1. The largest absolute Gasteiger partial charge is 0.481 e. The van der Waals surface area contributed by atoms with Crippen molar-refractivity contribution >= 4 is 18.0 Å². The third-order valence-corrected chi connectivity index (χ3v) is 7.07. The van der Waals surface area contributed by atoms with Gasteiger partial charge in [-0.05, 0) is 56.1 Å². The molecule has 1 fully saturated rings. The van der Waals surface area contributed by atoms with Crippen LogP contribution in [0.25, 0.3) is 11.1 Å². The molecule has 0 bridgehead atoms. The first-order valence-electron chi connectivity index (χ1n) is 12.1. The molecular weight excluding hydrogens is 446 g/mol. The summed E-state index contributed by atoms with van der Waals surface area (Å²) < 4.78 is 5.64. The van der Waals surface area contributed by atoms with Crippen LogP contribution in [-0.4, -0.2) is 78.8 Å². The van der Waals surface area contributed by atoms with Crippen LogP contribution < -0.4 is 5.32 Å². The maximum absolute atomic E-state index is 13.4. The molecule has 0 spiro atoms. The first kappa shape index (κ1) is 24.7. The van der Waals surface area contributed by atoms with E-state index in [0.29, 0.717) is 19.4 Å². The summed E-state index contributed by atoms with van der Waals surface area (Å²) in [5.74, 6) is -1.87. The van der Waals surface area contributed by atoms with Crippen molar-refractivity contribution in [1.82, 2.24) is 15.1 Å². The number of fused-ring (bicyclic) bond motifs is 3. The molecule has 186 valence electrons. The zero-order valence-corrected chi connectivity index (χ0v) is 20.4. The molecule has 3 atom stereocenters. The Hall–Kier alpha value is -3.39. The highest BCUT2D eigenvalue weighted by molar-refractivity contribution is 5.87. The van der Waals surface area contributed by atoms with Gasteiger partial charge in [-0.3, -0.25) is 9.59 Å². The first-order chi connectivity index (χ1) is 16.8. The van der Waals surface area contributed by atoms with Crippen LogP contribution in [0.15, 0.2) is 48.5 Å². The number of ether oxygens (including phenoxy) is 1. The summed E-state index contributed by atoms with van der Waals surface area (Å²) in [6.07, 6.45) is 0.497. The zero-order chi connectivity index (χ0) is 25.1. The van der Waals surface area contributed by atoms with Gasteiger partial charge in [0, 0.05) is 25.0 Å². The van der Waals surface area contributed by atoms with Crippen LogP contribution in [0, 0.1) is 5.92 Å². The van der Waals surface area contributed by atoms with Gasteiger partial charge >= 0.3 is 12.1 Å². The normalized spacial score (nSPS) is 20.2. The molecule has 4 rings (SSSR count). The first-order valence-corrected chi connectivity index (χ1v) is 12.1. The topological polar surface area (TPSA) is 99.2 Å². The molecule has 0 saturated carbocycles. The van der Waals surface area contributed by atoms with Gasteiger partial charge in [0.25, 0.3) is 0 Å². The average Bonchev–Trinajstić information content (AvgIpc) is 3.15. The number of carboxylic acids is 1. The van der Waals surface area contributed by atoms with E-state index < -0.39 is 30.1 Å². The van der Waals surface area contributed by atoms with Gasteiger partial charge in [-0.2, -0.15) is 0 Å². The van der Waals surface area contributed by atoms with Gasteiger partial charge in [-0.25, -0.2) is 4.79 Å². The van der Waals surface area contributed by atoms with Crippen molar-refractivity contribution in [2.24, 2.45) is 5.92 Å². The van der Waals surface area contributed by atoms with Crippen molar-refractivity contribution in [2.75, 3.05) is 33.8 Å². The van der Waals surface area contributed by atoms with E-state index in [-0.39, 0.29) is 25.0 Å². The summed E-state index contributed by atoms with van der Waals surface area (Å²) in [4.78, 5) is 41.2. The second-order valence-corrected chi connectivity index (χ2v) is 9.64. The molecule has 0 radical (unpaired) electrons. The predicted molar refractivity (Wildman–Crippen MR) is 132 cm³/mol. The second kappa shape index (κ2) is 10.5. The van der Waals surface area contributed by atoms with E-state index in [4.69, 9.17) is 4.74 Å². The SMILES string of the molecule is C[C@@H]1[C@H](C(=O)O)CCCN1C(=O)[C@H](CN(C)C)NC(=O)OCC1c2ccccc2-c2ccccc21. The Morgan fingerprint density at radius 3 is 2.26 bits per heavy atom. The quantitative estimate of drug-likeness (QED) is 0.633. The minimum atomic E-state index is -0.899. The van der Waals surface area contributed by atoms with Crippen molar-refractivity contribution < 1.29 is 24.2 Å². The highest BCUT2D eigenvalue weighted by Crippen LogP contribution is 2.44. The van der Waals surface area contributed by atoms with Crippen LogP contribution in [0.5, 0.6) is 0 Å². The number of hydrogen-bond donors (Lipinski definition) is 2. The minimum Gasteiger partial charge on any atom is -0.481 e. The van der Waals surface area contributed by atoms with Crippen LogP contribution in [0.3, 0.4) is 0 Å². The van der Waals surface area contributed by atoms with Gasteiger partial charge in [0.15, 0.2) is 0 Å². The van der Waals surface area contributed by atoms with E-state index in [1.165, 1.54) is 0 Å². The second-order valence-electron chi connectivity index (χ2n) is 9.64. The lowest BCUT2D eigenvalue weighted by molar-refractivity contribution is -0.149. The molecule has 2 N–H and O–H groups in total. The Labute approximate surface area is 205 Å². The number of benzene rings is 2. The van der Waals surface area contributed by atoms with Crippen LogP contribution in [0.4, 0.5) is 4.79 Å². The molecule has 8 heteroatoms. The van der Waals surface area contributed by atoms with Crippen molar-refractivity contribution in [1.29, 1.82) is 0 Å². The molecule has 0 unspecified atom stereocenters. The van der Waals surface area contributed by atoms with Gasteiger partial charge in [0.05, 0.1) is 5.92 Å². The molecule has 2 aromatic rings. The molecule has 8 nitrogen and oxygen atoms in total. The number of carboxylic acid groups (broad SMARTS) is 1. The van der Waals surface area contributed by atoms with E-state index in [1.54, 1.807) is 11.8 Å². The lowest BCUT2D eigenvalue weighted by Crippen LogP contribution is -2.58. The Balaban J connectivity index is 1.44. The fraction of sp³-hybridized carbons (Fsp3) is 0.444. The fourth-order valence-corrected chi connectivity index (χ4v) is 5.32. The van der Waals surface area contributed by atoms with Gasteiger partial charge < -0.3 is 25.0 Å². The fourth-order valence-electron chi connectivity index (χ4n) is 5.32. The molecular formula is C27H33N3O5. The van der Waals surface area contributed by atoms with E-state index in [9.17, 15) is 19.5 Å². The number of carbonyl (C=O) groups is 3. The Morgan fingerprint density at radius 1 is 1.09 bits per heavy atom. The predicted octanol–water partition coefficient (Wildman–Crippen LogP) is 3.17. The van der Waals surface area contributed by atoms with Crippen LogP contribution in [0.1, 0.15) is 36.8 Å². The third kappa shape index (κ3) is 5.17. The van der Waals surface area contributed by atoms with Crippen LogP contribution >= 0.6 is 0 Å². The molecule has 2 amide bonds. The number of likely N-dealkylation sites (N-methyl/N-ethyl adjacent to an activating group) is 1. The van der Waals surface area contributed by atoms with Gasteiger partial charge in [-0.15, -0.1) is 0 Å². The van der Waals surface area contributed by atoms with Crippen molar-refractivity contribution in [3.05, 3.63) is 59.7 Å². The summed E-state index contributed by atoms with van der Waals surface area (Å²) in [7, 11) is 3.64. The number of aliphatic carboxylic acids is 1. The molecule has 1 aliphatic heterocycles. The van der Waals surface area contributed by atoms with E-state index >= 15 is 0 Å².